The number of hydrogen-bond acceptors (Lipinski definition) is 4. The lowest BCUT2D eigenvalue weighted by atomic mass is 10.1. The zero-order chi connectivity index (χ0) is 24.2. The number of aryl methyl sites for hydroxylation is 1. The van der Waals surface area contributed by atoms with E-state index in [0.717, 1.165) is 21.9 Å². The number of amides is 2. The van der Waals surface area contributed by atoms with Crippen LogP contribution in [0, 0.1) is 6.92 Å². The second-order valence-electron chi connectivity index (χ2n) is 7.61. The van der Waals surface area contributed by atoms with Gasteiger partial charge in [-0.1, -0.05) is 36.4 Å². The molecule has 33 heavy (non-hydrogen) atoms. The van der Waals surface area contributed by atoms with E-state index in [9.17, 15) is 22.8 Å². The molecule has 0 bridgehead atoms. The molecule has 0 saturated heterocycles. The quantitative estimate of drug-likeness (QED) is 0.505. The number of aromatic nitrogens is 2. The summed E-state index contributed by atoms with van der Waals surface area (Å²) in [5.74, 6) is -1.06. The first-order valence-corrected chi connectivity index (χ1v) is 10.2. The van der Waals surface area contributed by atoms with Gasteiger partial charge in [-0.2, -0.15) is 18.3 Å². The average Bonchev–Trinajstić information content (AvgIpc) is 3.23. The maximum atomic E-state index is 13.4. The van der Waals surface area contributed by atoms with E-state index >= 15 is 0 Å². The first-order valence-electron chi connectivity index (χ1n) is 10.2. The number of carbonyl (C=O) groups excluding carboxylic acids is 2. The molecule has 1 aromatic heterocycles. The van der Waals surface area contributed by atoms with Crippen molar-refractivity contribution in [3.8, 4) is 5.69 Å². The lowest BCUT2D eigenvalue weighted by Crippen LogP contribution is -2.37. The zero-order valence-corrected chi connectivity index (χ0v) is 18.1. The Labute approximate surface area is 188 Å². The Morgan fingerprint density at radius 1 is 1.06 bits per heavy atom. The molecule has 0 fully saturated rings. The van der Waals surface area contributed by atoms with Gasteiger partial charge in [0.25, 0.3) is 5.91 Å². The van der Waals surface area contributed by atoms with E-state index in [1.807, 2.05) is 31.2 Å². The van der Waals surface area contributed by atoms with Crippen LogP contribution < -0.4 is 16.4 Å². The largest absolute Gasteiger partial charge is 0.435 e. The molecule has 0 aliphatic rings. The van der Waals surface area contributed by atoms with Gasteiger partial charge in [-0.3, -0.25) is 9.59 Å². The van der Waals surface area contributed by atoms with Crippen LogP contribution in [0.5, 0.6) is 0 Å². The fourth-order valence-corrected chi connectivity index (χ4v) is 3.10. The van der Waals surface area contributed by atoms with Crippen molar-refractivity contribution in [2.45, 2.75) is 39.2 Å². The number of benzene rings is 2. The number of halogens is 3. The fourth-order valence-electron chi connectivity index (χ4n) is 3.10. The maximum Gasteiger partial charge on any atom is 0.435 e. The molecule has 174 valence electrons. The van der Waals surface area contributed by atoms with Gasteiger partial charge in [0.2, 0.25) is 5.91 Å². The predicted octanol–water partition coefficient (Wildman–Crippen LogP) is 3.09. The van der Waals surface area contributed by atoms with E-state index in [2.05, 4.69) is 15.7 Å². The van der Waals surface area contributed by atoms with Gasteiger partial charge in [0.1, 0.15) is 5.69 Å². The van der Waals surface area contributed by atoms with Crippen LogP contribution >= 0.6 is 0 Å². The van der Waals surface area contributed by atoms with Crippen LogP contribution in [0.4, 0.5) is 13.2 Å². The van der Waals surface area contributed by atoms with E-state index in [1.54, 1.807) is 18.2 Å². The maximum absolute atomic E-state index is 13.4. The number of nitrogens with zero attached hydrogens (tertiary/aromatic N) is 2. The Morgan fingerprint density at radius 3 is 2.45 bits per heavy atom. The number of alkyl halides is 3. The normalized spacial score (nSPS) is 12.3. The van der Waals surface area contributed by atoms with E-state index < -0.39 is 23.8 Å². The van der Waals surface area contributed by atoms with Gasteiger partial charge in [-0.15, -0.1) is 0 Å². The number of nitrogens with one attached hydrogen (secondary N) is 2. The highest BCUT2D eigenvalue weighted by atomic mass is 19.4. The topological polar surface area (TPSA) is 102 Å². The Bertz CT molecular complexity index is 1150. The van der Waals surface area contributed by atoms with E-state index in [1.165, 1.54) is 13.0 Å². The highest BCUT2D eigenvalue weighted by Crippen LogP contribution is 2.29. The molecular weight excluding hydrogens is 435 g/mol. The minimum absolute atomic E-state index is 0.121. The summed E-state index contributed by atoms with van der Waals surface area (Å²) in [6, 6.07) is 13.8. The predicted molar refractivity (Wildman–Crippen MR) is 116 cm³/mol. The molecule has 0 unspecified atom stereocenters. The van der Waals surface area contributed by atoms with Gasteiger partial charge in [-0.05, 0) is 42.7 Å². The fraction of sp³-hybridized carbons (Fsp3) is 0.261. The van der Waals surface area contributed by atoms with Crippen molar-refractivity contribution in [1.82, 2.24) is 20.4 Å². The molecule has 1 heterocycles. The second-order valence-corrected chi connectivity index (χ2v) is 7.61. The van der Waals surface area contributed by atoms with Crippen LogP contribution in [0.3, 0.4) is 0 Å². The Morgan fingerprint density at radius 2 is 1.79 bits per heavy atom. The van der Waals surface area contributed by atoms with E-state index in [4.69, 9.17) is 5.73 Å². The Kier molecular flexibility index (Phi) is 7.17. The Balaban J connectivity index is 1.89. The molecule has 0 spiro atoms. The minimum atomic E-state index is -4.72. The lowest BCUT2D eigenvalue weighted by molar-refractivity contribution is -0.141. The standard InChI is InChI=1S/C23H24F3N5O2/c1-14-6-3-4-8-17(14)13-29-22(33)19-11-20(23(24,25)26)30-31(19)18-9-5-7-16(10-18)12-28-21(32)15(2)27/h3-11,15H,12-13,27H2,1-2H3,(H,28,32)(H,29,33)/t15-/m0/s1. The highest BCUT2D eigenvalue weighted by Gasteiger charge is 2.36. The Hall–Kier alpha value is -3.66. The molecular formula is C23H24F3N5O2. The van der Waals surface area contributed by atoms with Crippen molar-refractivity contribution >= 4 is 11.8 Å². The van der Waals surface area contributed by atoms with Gasteiger partial charge in [0.15, 0.2) is 5.69 Å². The van der Waals surface area contributed by atoms with Gasteiger partial charge in [-0.25, -0.2) is 4.68 Å². The summed E-state index contributed by atoms with van der Waals surface area (Å²) < 4.78 is 41.0. The minimum Gasteiger partial charge on any atom is -0.351 e. The number of hydrogen-bond donors (Lipinski definition) is 3. The summed E-state index contributed by atoms with van der Waals surface area (Å²) in [4.78, 5) is 24.5. The van der Waals surface area contributed by atoms with Gasteiger partial charge < -0.3 is 16.4 Å². The van der Waals surface area contributed by atoms with Crippen LogP contribution in [0.1, 0.15) is 39.8 Å². The van der Waals surface area contributed by atoms with Crippen molar-refractivity contribution in [2.24, 2.45) is 5.73 Å². The second kappa shape index (κ2) is 9.86. The number of nitrogens with two attached hydrogens (primary N) is 1. The van der Waals surface area contributed by atoms with Gasteiger partial charge in [0, 0.05) is 19.2 Å². The third-order valence-corrected chi connectivity index (χ3v) is 4.97. The van der Waals surface area contributed by atoms with Crippen molar-refractivity contribution in [1.29, 1.82) is 0 Å². The molecule has 2 aromatic carbocycles. The van der Waals surface area contributed by atoms with E-state index in [0.29, 0.717) is 5.56 Å². The molecule has 4 N–H and O–H groups in total. The third-order valence-electron chi connectivity index (χ3n) is 4.97. The summed E-state index contributed by atoms with van der Waals surface area (Å²) in [7, 11) is 0. The van der Waals surface area contributed by atoms with Gasteiger partial charge in [0.05, 0.1) is 11.7 Å². The smallest absolute Gasteiger partial charge is 0.351 e. The van der Waals surface area contributed by atoms with E-state index in [-0.39, 0.29) is 30.4 Å². The monoisotopic (exact) mass is 459 g/mol. The van der Waals surface area contributed by atoms with Crippen molar-refractivity contribution in [3.63, 3.8) is 0 Å². The van der Waals surface area contributed by atoms with Crippen molar-refractivity contribution in [3.05, 3.63) is 82.7 Å². The molecule has 3 rings (SSSR count). The van der Waals surface area contributed by atoms with Crippen molar-refractivity contribution < 1.29 is 22.8 Å². The molecule has 0 aliphatic heterocycles. The summed E-state index contributed by atoms with van der Waals surface area (Å²) in [6.07, 6.45) is -4.72. The third kappa shape index (κ3) is 5.98. The summed E-state index contributed by atoms with van der Waals surface area (Å²) in [6.45, 7) is 3.69. The average molecular weight is 459 g/mol. The zero-order valence-electron chi connectivity index (χ0n) is 18.1. The van der Waals surface area contributed by atoms with Crippen LogP contribution in [-0.2, 0) is 24.1 Å². The lowest BCUT2D eigenvalue weighted by Gasteiger charge is -2.12. The molecule has 2 amide bonds. The van der Waals surface area contributed by atoms with Crippen LogP contribution in [0.15, 0.2) is 54.6 Å². The number of rotatable bonds is 7. The van der Waals surface area contributed by atoms with Crippen LogP contribution in [0.2, 0.25) is 0 Å². The van der Waals surface area contributed by atoms with Gasteiger partial charge >= 0.3 is 6.18 Å². The summed E-state index contributed by atoms with van der Waals surface area (Å²) in [5, 5.41) is 8.93. The van der Waals surface area contributed by atoms with Crippen LogP contribution in [0.25, 0.3) is 5.69 Å². The summed E-state index contributed by atoms with van der Waals surface area (Å²) >= 11 is 0. The first-order chi connectivity index (χ1) is 15.6. The molecule has 3 aromatic rings. The molecule has 0 aliphatic carbocycles. The molecule has 0 saturated carbocycles. The first kappa shape index (κ1) is 24.0. The molecule has 1 atom stereocenters. The highest BCUT2D eigenvalue weighted by molar-refractivity contribution is 5.93. The summed E-state index contributed by atoms with van der Waals surface area (Å²) in [5.41, 5.74) is 6.73. The molecule has 0 radical (unpaired) electrons. The van der Waals surface area contributed by atoms with Crippen molar-refractivity contribution in [2.75, 3.05) is 0 Å². The molecule has 10 heteroatoms. The van der Waals surface area contributed by atoms with Crippen LogP contribution in [-0.4, -0.2) is 27.6 Å². The SMILES string of the molecule is Cc1ccccc1CNC(=O)c1cc(C(F)(F)F)nn1-c1cccc(CNC(=O)[C@H](C)N)c1. The molecule has 7 nitrogen and oxygen atoms in total. The number of carbonyl (C=O) groups is 2.